The van der Waals surface area contributed by atoms with E-state index in [9.17, 15) is 14.4 Å². The van der Waals surface area contributed by atoms with Crippen LogP contribution in [0.2, 0.25) is 5.02 Å². The van der Waals surface area contributed by atoms with Crippen LogP contribution in [0.5, 0.6) is 11.5 Å². The second-order valence-corrected chi connectivity index (χ2v) is 7.20. The van der Waals surface area contributed by atoms with Crippen molar-refractivity contribution in [2.24, 2.45) is 0 Å². The SMILES string of the molecule is Cc1cccc(OCCOc2ccc(Cl)cc2C=C2C(=O)N(C)C(=O)N(C)C2=O)c1. The van der Waals surface area contributed by atoms with E-state index in [2.05, 4.69) is 0 Å². The Kier molecular flexibility index (Phi) is 6.42. The van der Waals surface area contributed by atoms with Crippen LogP contribution in [0.25, 0.3) is 6.08 Å². The summed E-state index contributed by atoms with van der Waals surface area (Å²) >= 11 is 6.09. The minimum atomic E-state index is -0.684. The first kappa shape index (κ1) is 21.4. The minimum absolute atomic E-state index is 0.150. The second-order valence-electron chi connectivity index (χ2n) is 6.76. The van der Waals surface area contributed by atoms with Gasteiger partial charge in [0.05, 0.1) is 0 Å². The van der Waals surface area contributed by atoms with Crippen molar-refractivity contribution < 1.29 is 23.9 Å². The van der Waals surface area contributed by atoms with Crippen LogP contribution in [-0.4, -0.2) is 55.0 Å². The molecule has 0 bridgehead atoms. The number of halogens is 1. The molecule has 0 N–H and O–H groups in total. The number of benzene rings is 2. The lowest BCUT2D eigenvalue weighted by Crippen LogP contribution is -2.52. The van der Waals surface area contributed by atoms with Gasteiger partial charge >= 0.3 is 6.03 Å². The van der Waals surface area contributed by atoms with Crippen molar-refractivity contribution in [2.45, 2.75) is 6.92 Å². The second kappa shape index (κ2) is 9.00. The van der Waals surface area contributed by atoms with E-state index in [0.717, 1.165) is 21.1 Å². The molecule has 3 rings (SSSR count). The van der Waals surface area contributed by atoms with Crippen LogP contribution in [0.4, 0.5) is 4.79 Å². The molecule has 2 aromatic rings. The maximum Gasteiger partial charge on any atom is 0.333 e. The van der Waals surface area contributed by atoms with Crippen LogP contribution in [-0.2, 0) is 9.59 Å². The third kappa shape index (κ3) is 4.63. The maximum atomic E-state index is 12.4. The van der Waals surface area contributed by atoms with Crippen molar-refractivity contribution in [1.82, 2.24) is 9.80 Å². The number of hydrogen-bond donors (Lipinski definition) is 0. The zero-order valence-electron chi connectivity index (χ0n) is 16.8. The molecule has 1 heterocycles. The fraction of sp³-hybridized carbons (Fsp3) is 0.227. The molecule has 0 atom stereocenters. The predicted octanol–water partition coefficient (Wildman–Crippen LogP) is 3.54. The summed E-state index contributed by atoms with van der Waals surface area (Å²) in [5, 5.41) is 0.415. The fourth-order valence-corrected chi connectivity index (χ4v) is 3.09. The molecule has 0 spiro atoms. The Labute approximate surface area is 179 Å². The Morgan fingerprint density at radius 3 is 2.27 bits per heavy atom. The summed E-state index contributed by atoms with van der Waals surface area (Å²) in [6.07, 6.45) is 1.38. The largest absolute Gasteiger partial charge is 0.490 e. The van der Waals surface area contributed by atoms with Gasteiger partial charge in [-0.05, 0) is 48.9 Å². The van der Waals surface area contributed by atoms with Gasteiger partial charge in [0, 0.05) is 24.7 Å². The molecule has 1 fully saturated rings. The van der Waals surface area contributed by atoms with Gasteiger partial charge in [-0.25, -0.2) is 4.79 Å². The van der Waals surface area contributed by atoms with E-state index in [1.165, 1.54) is 20.2 Å². The minimum Gasteiger partial charge on any atom is -0.490 e. The first-order valence-electron chi connectivity index (χ1n) is 9.21. The van der Waals surface area contributed by atoms with E-state index in [1.54, 1.807) is 18.2 Å². The number of nitrogens with zero attached hydrogens (tertiary/aromatic N) is 2. The van der Waals surface area contributed by atoms with E-state index >= 15 is 0 Å². The number of amides is 4. The highest BCUT2D eigenvalue weighted by molar-refractivity contribution is 6.32. The monoisotopic (exact) mass is 428 g/mol. The number of urea groups is 1. The van der Waals surface area contributed by atoms with Crippen LogP contribution in [0, 0.1) is 6.92 Å². The lowest BCUT2D eigenvalue weighted by Gasteiger charge is -2.29. The summed E-state index contributed by atoms with van der Waals surface area (Å²) in [7, 11) is 2.64. The first-order chi connectivity index (χ1) is 14.3. The molecule has 0 aliphatic carbocycles. The standard InChI is InChI=1S/C22H21ClN2O5/c1-14-5-4-6-17(11-14)29-9-10-30-19-8-7-16(23)12-15(19)13-18-20(26)24(2)22(28)25(3)21(18)27/h4-8,11-13H,9-10H2,1-3H3. The van der Waals surface area contributed by atoms with Gasteiger partial charge < -0.3 is 9.47 Å². The zero-order valence-corrected chi connectivity index (χ0v) is 17.6. The smallest absolute Gasteiger partial charge is 0.333 e. The summed E-state index contributed by atoms with van der Waals surface area (Å²) in [5.74, 6) is -0.192. The van der Waals surface area contributed by atoms with Gasteiger partial charge in [-0.3, -0.25) is 19.4 Å². The number of rotatable bonds is 6. The summed E-state index contributed by atoms with van der Waals surface area (Å²) < 4.78 is 11.5. The van der Waals surface area contributed by atoms with Crippen LogP contribution in [0.1, 0.15) is 11.1 Å². The van der Waals surface area contributed by atoms with Crippen molar-refractivity contribution >= 4 is 35.5 Å². The van der Waals surface area contributed by atoms with Crippen molar-refractivity contribution in [3.8, 4) is 11.5 Å². The normalized spacial score (nSPS) is 14.3. The quantitative estimate of drug-likeness (QED) is 0.399. The van der Waals surface area contributed by atoms with E-state index in [-0.39, 0.29) is 12.2 Å². The molecular formula is C22H21ClN2O5. The molecule has 1 saturated heterocycles. The topological polar surface area (TPSA) is 76.2 Å². The Bertz CT molecular complexity index is 1010. The average molecular weight is 429 g/mol. The average Bonchev–Trinajstić information content (AvgIpc) is 2.72. The highest BCUT2D eigenvalue weighted by Gasteiger charge is 2.37. The van der Waals surface area contributed by atoms with E-state index in [1.807, 2.05) is 31.2 Å². The third-order valence-electron chi connectivity index (χ3n) is 4.51. The molecule has 0 saturated carbocycles. The summed E-state index contributed by atoms with van der Waals surface area (Å²) in [6.45, 7) is 2.53. The van der Waals surface area contributed by atoms with Crippen molar-refractivity contribution in [1.29, 1.82) is 0 Å². The Hall–Kier alpha value is -3.32. The lowest BCUT2D eigenvalue weighted by molar-refractivity contribution is -0.134. The molecule has 7 nitrogen and oxygen atoms in total. The molecule has 4 amide bonds. The van der Waals surface area contributed by atoms with Crippen molar-refractivity contribution in [3.63, 3.8) is 0 Å². The molecular weight excluding hydrogens is 408 g/mol. The first-order valence-corrected chi connectivity index (χ1v) is 9.59. The number of ether oxygens (including phenoxy) is 2. The van der Waals surface area contributed by atoms with Crippen LogP contribution in [0.3, 0.4) is 0 Å². The molecule has 30 heavy (non-hydrogen) atoms. The molecule has 1 aliphatic rings. The fourth-order valence-electron chi connectivity index (χ4n) is 2.91. The maximum absolute atomic E-state index is 12.4. The van der Waals surface area contributed by atoms with E-state index in [4.69, 9.17) is 21.1 Å². The van der Waals surface area contributed by atoms with E-state index < -0.39 is 17.8 Å². The van der Waals surface area contributed by atoms with Gasteiger partial charge in [0.15, 0.2) is 0 Å². The van der Waals surface area contributed by atoms with E-state index in [0.29, 0.717) is 22.9 Å². The number of carbonyl (C=O) groups is 3. The lowest BCUT2D eigenvalue weighted by atomic mass is 10.1. The molecule has 0 aromatic heterocycles. The van der Waals surface area contributed by atoms with Crippen molar-refractivity contribution in [3.05, 3.63) is 64.2 Å². The number of hydrogen-bond acceptors (Lipinski definition) is 5. The highest BCUT2D eigenvalue weighted by Crippen LogP contribution is 2.27. The van der Waals surface area contributed by atoms with Gasteiger partial charge in [0.25, 0.3) is 11.8 Å². The molecule has 0 radical (unpaired) electrons. The van der Waals surface area contributed by atoms with Gasteiger partial charge in [0.2, 0.25) is 0 Å². The number of carbonyl (C=O) groups excluding carboxylic acids is 3. The molecule has 0 unspecified atom stereocenters. The summed E-state index contributed by atoms with van der Waals surface area (Å²) in [4.78, 5) is 38.5. The number of aryl methyl sites for hydroxylation is 1. The Morgan fingerprint density at radius 1 is 0.933 bits per heavy atom. The van der Waals surface area contributed by atoms with Crippen LogP contribution < -0.4 is 9.47 Å². The van der Waals surface area contributed by atoms with Crippen LogP contribution in [0.15, 0.2) is 48.0 Å². The van der Waals surface area contributed by atoms with Gasteiger partial charge in [-0.2, -0.15) is 0 Å². The zero-order chi connectivity index (χ0) is 21.8. The highest BCUT2D eigenvalue weighted by atomic mass is 35.5. The Morgan fingerprint density at radius 2 is 1.60 bits per heavy atom. The van der Waals surface area contributed by atoms with Crippen molar-refractivity contribution in [2.75, 3.05) is 27.3 Å². The molecule has 156 valence electrons. The van der Waals surface area contributed by atoms with Crippen LogP contribution >= 0.6 is 11.6 Å². The molecule has 1 aliphatic heterocycles. The third-order valence-corrected chi connectivity index (χ3v) is 4.75. The summed E-state index contributed by atoms with van der Waals surface area (Å²) in [5.41, 5.74) is 1.39. The number of imide groups is 2. The van der Waals surface area contributed by atoms with Gasteiger partial charge in [-0.1, -0.05) is 23.7 Å². The Balaban J connectivity index is 1.76. The van der Waals surface area contributed by atoms with Gasteiger partial charge in [-0.15, -0.1) is 0 Å². The number of likely N-dealkylation sites (N-methyl/N-ethyl adjacent to an activating group) is 2. The van der Waals surface area contributed by atoms with Gasteiger partial charge in [0.1, 0.15) is 30.3 Å². The summed E-state index contributed by atoms with van der Waals surface area (Å²) in [6, 6.07) is 11.9. The molecule has 8 heteroatoms. The predicted molar refractivity (Wildman–Crippen MR) is 113 cm³/mol. The number of barbiturate groups is 1. The molecule has 2 aromatic carbocycles.